The van der Waals surface area contributed by atoms with E-state index in [-0.39, 0.29) is 0 Å². The third kappa shape index (κ3) is 3.96. The average molecular weight is 490 g/mol. The van der Waals surface area contributed by atoms with Crippen LogP contribution >= 0.6 is 0 Å². The zero-order valence-electron chi connectivity index (χ0n) is 21.7. The van der Waals surface area contributed by atoms with Crippen LogP contribution in [0.25, 0.3) is 33.4 Å². The van der Waals surface area contributed by atoms with Crippen molar-refractivity contribution in [2.75, 3.05) is 4.90 Å². The molecule has 1 heterocycles. The largest absolute Gasteiger partial charge is 0.337 e. The number of hydrogen-bond donors (Lipinski definition) is 0. The number of rotatable bonds is 4. The fourth-order valence-electron chi connectivity index (χ4n) is 6.35. The molecule has 2 atom stereocenters. The molecule has 2 unspecified atom stereocenters. The highest BCUT2D eigenvalue weighted by molar-refractivity contribution is 5.82. The summed E-state index contributed by atoms with van der Waals surface area (Å²) in [6.07, 6.45) is 7.11. The fourth-order valence-corrected chi connectivity index (χ4v) is 6.35. The van der Waals surface area contributed by atoms with Gasteiger partial charge in [-0.25, -0.2) is 0 Å². The highest BCUT2D eigenvalue weighted by Gasteiger charge is 2.38. The zero-order chi connectivity index (χ0) is 25.5. The van der Waals surface area contributed by atoms with Gasteiger partial charge < -0.3 is 4.90 Å². The van der Waals surface area contributed by atoms with Crippen LogP contribution in [0.1, 0.15) is 29.9 Å². The van der Waals surface area contributed by atoms with Crippen LogP contribution in [0.15, 0.2) is 133 Å². The second-order valence-electron chi connectivity index (χ2n) is 10.6. The number of aryl methyl sites for hydroxylation is 1. The van der Waals surface area contributed by atoms with Gasteiger partial charge in [0.15, 0.2) is 0 Å². The zero-order valence-corrected chi connectivity index (χ0v) is 21.7. The maximum absolute atomic E-state index is 2.60. The van der Waals surface area contributed by atoms with Gasteiger partial charge in [0.05, 0.1) is 0 Å². The SMILES string of the molecule is Cc1ccccc1-c1cccc(-c2ccc3c(c2)N(c2ccc(-c4ccccc4)cc2)C2CCC=CC32)c1. The van der Waals surface area contributed by atoms with Crippen molar-refractivity contribution in [1.82, 2.24) is 0 Å². The van der Waals surface area contributed by atoms with Crippen LogP contribution in [-0.4, -0.2) is 6.04 Å². The lowest BCUT2D eigenvalue weighted by atomic mass is 9.87. The molecular weight excluding hydrogens is 458 g/mol. The first-order chi connectivity index (χ1) is 18.8. The molecule has 0 saturated carbocycles. The van der Waals surface area contributed by atoms with E-state index in [1.165, 1.54) is 62.3 Å². The second kappa shape index (κ2) is 9.50. The average Bonchev–Trinajstić information content (AvgIpc) is 3.32. The summed E-state index contributed by atoms with van der Waals surface area (Å²) in [7, 11) is 0. The van der Waals surface area contributed by atoms with Gasteiger partial charge in [0.25, 0.3) is 0 Å². The second-order valence-corrected chi connectivity index (χ2v) is 10.6. The standard InChI is InChI=1S/C37H31N/c1-26-10-5-6-15-33(26)31-14-9-13-29(24-31)30-20-23-35-34-16-7-8-17-36(34)38(37(35)25-30)32-21-18-28(19-22-32)27-11-3-2-4-12-27/h2-7,9-16,18-25,34,36H,8,17H2,1H3. The van der Waals surface area contributed by atoms with Crippen LogP contribution in [0, 0.1) is 6.92 Å². The maximum Gasteiger partial charge on any atom is 0.0459 e. The number of benzene rings is 5. The molecule has 184 valence electrons. The van der Waals surface area contributed by atoms with Gasteiger partial charge in [-0.05, 0) is 88.5 Å². The van der Waals surface area contributed by atoms with E-state index in [0.717, 1.165) is 6.42 Å². The van der Waals surface area contributed by atoms with Crippen molar-refractivity contribution in [3.05, 3.63) is 145 Å². The normalized spacial score (nSPS) is 17.8. The Labute approximate surface area is 225 Å². The summed E-state index contributed by atoms with van der Waals surface area (Å²) >= 11 is 0. The van der Waals surface area contributed by atoms with Gasteiger partial charge in [0.1, 0.15) is 0 Å². The molecule has 1 heteroatoms. The van der Waals surface area contributed by atoms with Crippen molar-refractivity contribution in [2.45, 2.75) is 31.7 Å². The smallest absolute Gasteiger partial charge is 0.0459 e. The highest BCUT2D eigenvalue weighted by atomic mass is 15.2. The summed E-state index contributed by atoms with van der Waals surface area (Å²) in [6, 6.07) is 45.0. The lowest BCUT2D eigenvalue weighted by Crippen LogP contribution is -2.30. The Bertz CT molecular complexity index is 1630. The molecule has 0 saturated heterocycles. The lowest BCUT2D eigenvalue weighted by Gasteiger charge is -2.31. The molecule has 5 aromatic carbocycles. The topological polar surface area (TPSA) is 3.24 Å². The van der Waals surface area contributed by atoms with E-state index >= 15 is 0 Å². The van der Waals surface area contributed by atoms with Gasteiger partial charge in [-0.1, -0.05) is 109 Å². The quantitative estimate of drug-likeness (QED) is 0.227. The van der Waals surface area contributed by atoms with E-state index in [2.05, 4.69) is 145 Å². The molecule has 0 N–H and O–H groups in total. The van der Waals surface area contributed by atoms with E-state index in [1.807, 2.05) is 0 Å². The van der Waals surface area contributed by atoms with Gasteiger partial charge in [-0.3, -0.25) is 0 Å². The Balaban J connectivity index is 1.29. The summed E-state index contributed by atoms with van der Waals surface area (Å²) in [5.74, 6) is 0.444. The number of anilines is 2. The van der Waals surface area contributed by atoms with Gasteiger partial charge in [-0.2, -0.15) is 0 Å². The first kappa shape index (κ1) is 22.8. The molecule has 0 aromatic heterocycles. The highest BCUT2D eigenvalue weighted by Crippen LogP contribution is 2.50. The van der Waals surface area contributed by atoms with Crippen molar-refractivity contribution in [2.24, 2.45) is 0 Å². The molecule has 5 aromatic rings. The molecular formula is C37H31N. The van der Waals surface area contributed by atoms with Crippen molar-refractivity contribution in [3.8, 4) is 33.4 Å². The molecule has 2 aliphatic rings. The molecule has 0 amide bonds. The van der Waals surface area contributed by atoms with E-state index in [9.17, 15) is 0 Å². The summed E-state index contributed by atoms with van der Waals surface area (Å²) in [5.41, 5.74) is 13.0. The monoisotopic (exact) mass is 489 g/mol. The van der Waals surface area contributed by atoms with Crippen LogP contribution in [0.3, 0.4) is 0 Å². The van der Waals surface area contributed by atoms with E-state index in [0.29, 0.717) is 12.0 Å². The van der Waals surface area contributed by atoms with Crippen LogP contribution in [0.2, 0.25) is 0 Å². The first-order valence-electron chi connectivity index (χ1n) is 13.7. The summed E-state index contributed by atoms with van der Waals surface area (Å²) in [6.45, 7) is 2.19. The molecule has 0 radical (unpaired) electrons. The number of nitrogens with zero attached hydrogens (tertiary/aromatic N) is 1. The van der Waals surface area contributed by atoms with E-state index < -0.39 is 0 Å². The Morgan fingerprint density at radius 2 is 1.29 bits per heavy atom. The molecule has 1 aliphatic carbocycles. The minimum Gasteiger partial charge on any atom is -0.337 e. The summed E-state index contributed by atoms with van der Waals surface area (Å²) < 4.78 is 0. The molecule has 0 bridgehead atoms. The maximum atomic E-state index is 2.60. The van der Waals surface area contributed by atoms with Crippen LogP contribution in [0.5, 0.6) is 0 Å². The van der Waals surface area contributed by atoms with Crippen molar-refractivity contribution in [1.29, 1.82) is 0 Å². The lowest BCUT2D eigenvalue weighted by molar-refractivity contribution is 0.565. The first-order valence-corrected chi connectivity index (χ1v) is 13.7. The molecule has 0 spiro atoms. The van der Waals surface area contributed by atoms with Gasteiger partial charge in [-0.15, -0.1) is 0 Å². The molecule has 0 fully saturated rings. The fraction of sp³-hybridized carbons (Fsp3) is 0.135. The van der Waals surface area contributed by atoms with Crippen molar-refractivity contribution >= 4 is 11.4 Å². The molecule has 7 rings (SSSR count). The minimum atomic E-state index is 0.444. The number of allylic oxidation sites excluding steroid dienone is 1. The van der Waals surface area contributed by atoms with E-state index in [4.69, 9.17) is 0 Å². The summed E-state index contributed by atoms with van der Waals surface area (Å²) in [5, 5.41) is 0. The Morgan fingerprint density at radius 1 is 0.605 bits per heavy atom. The van der Waals surface area contributed by atoms with Crippen molar-refractivity contribution in [3.63, 3.8) is 0 Å². The third-order valence-corrected chi connectivity index (χ3v) is 8.27. The Hall–Kier alpha value is -4.36. The van der Waals surface area contributed by atoms with Gasteiger partial charge in [0.2, 0.25) is 0 Å². The predicted octanol–water partition coefficient (Wildman–Crippen LogP) is 9.95. The third-order valence-electron chi connectivity index (χ3n) is 8.27. The predicted molar refractivity (Wildman–Crippen MR) is 161 cm³/mol. The van der Waals surface area contributed by atoms with E-state index in [1.54, 1.807) is 0 Å². The van der Waals surface area contributed by atoms with Crippen LogP contribution < -0.4 is 4.90 Å². The molecule has 1 aliphatic heterocycles. The Morgan fingerprint density at radius 3 is 2.13 bits per heavy atom. The van der Waals surface area contributed by atoms with Gasteiger partial charge in [0, 0.05) is 23.3 Å². The molecule has 1 nitrogen and oxygen atoms in total. The van der Waals surface area contributed by atoms with Gasteiger partial charge >= 0.3 is 0 Å². The summed E-state index contributed by atoms with van der Waals surface area (Å²) in [4.78, 5) is 2.60. The van der Waals surface area contributed by atoms with Crippen LogP contribution in [-0.2, 0) is 0 Å². The number of hydrogen-bond acceptors (Lipinski definition) is 1. The Kier molecular flexibility index (Phi) is 5.70. The van der Waals surface area contributed by atoms with Crippen molar-refractivity contribution < 1.29 is 0 Å². The molecule has 38 heavy (non-hydrogen) atoms. The number of fused-ring (bicyclic) bond motifs is 3. The van der Waals surface area contributed by atoms with Crippen LogP contribution in [0.4, 0.5) is 11.4 Å². The minimum absolute atomic E-state index is 0.444.